The van der Waals surface area contributed by atoms with Gasteiger partial charge >= 0.3 is 11.9 Å². The van der Waals surface area contributed by atoms with Crippen LogP contribution in [0.4, 0.5) is 41.9 Å². The van der Waals surface area contributed by atoms with Crippen molar-refractivity contribution in [1.82, 2.24) is 15.0 Å². The average Bonchev–Trinajstić information content (AvgIpc) is 2.64. The van der Waals surface area contributed by atoms with Gasteiger partial charge < -0.3 is 10.6 Å². The van der Waals surface area contributed by atoms with E-state index in [1.54, 1.807) is 6.07 Å². The van der Waals surface area contributed by atoms with Crippen LogP contribution in [0.1, 0.15) is 5.56 Å². The number of aromatic nitrogens is 3. The summed E-state index contributed by atoms with van der Waals surface area (Å²) in [5.41, 5.74) is -1.56. The fourth-order valence-electron chi connectivity index (χ4n) is 2.30. The Morgan fingerprint density at radius 2 is 1.72 bits per heavy atom. The number of nitrogens with one attached hydrogen (secondary N) is 2. The molecule has 3 aromatic rings. The SMILES string of the molecule is O=[N+]([O-])c1c(Nc2ccc(Cl)c(C(F)(F)F)c2)ncnc1Nc1cccnc1Cl. The number of alkyl halides is 3. The van der Waals surface area contributed by atoms with Crippen molar-refractivity contribution in [2.45, 2.75) is 6.18 Å². The predicted molar refractivity (Wildman–Crippen MR) is 101 cm³/mol. The smallest absolute Gasteiger partial charge is 0.334 e. The van der Waals surface area contributed by atoms with Gasteiger partial charge in [0, 0.05) is 11.9 Å². The lowest BCUT2D eigenvalue weighted by atomic mass is 10.2. The van der Waals surface area contributed by atoms with Crippen LogP contribution in [0.5, 0.6) is 0 Å². The van der Waals surface area contributed by atoms with Crippen molar-refractivity contribution in [1.29, 1.82) is 0 Å². The van der Waals surface area contributed by atoms with Gasteiger partial charge in [-0.15, -0.1) is 0 Å². The van der Waals surface area contributed by atoms with Crippen molar-refractivity contribution < 1.29 is 18.1 Å². The van der Waals surface area contributed by atoms with Crippen LogP contribution in [-0.4, -0.2) is 19.9 Å². The summed E-state index contributed by atoms with van der Waals surface area (Å²) in [6.45, 7) is 0. The van der Waals surface area contributed by atoms with E-state index >= 15 is 0 Å². The highest BCUT2D eigenvalue weighted by molar-refractivity contribution is 6.32. The molecular weight excluding hydrogens is 436 g/mol. The van der Waals surface area contributed by atoms with Gasteiger partial charge in [-0.25, -0.2) is 15.0 Å². The molecule has 0 spiro atoms. The molecule has 0 atom stereocenters. The van der Waals surface area contributed by atoms with Crippen LogP contribution in [0.25, 0.3) is 0 Å². The zero-order valence-electron chi connectivity index (χ0n) is 14.0. The largest absolute Gasteiger partial charge is 0.417 e. The zero-order chi connectivity index (χ0) is 21.2. The van der Waals surface area contributed by atoms with E-state index in [0.717, 1.165) is 18.5 Å². The highest BCUT2D eigenvalue weighted by Gasteiger charge is 2.33. The van der Waals surface area contributed by atoms with Crippen LogP contribution in [-0.2, 0) is 6.18 Å². The molecule has 3 rings (SSSR count). The van der Waals surface area contributed by atoms with Gasteiger partial charge in [0.25, 0.3) is 0 Å². The highest BCUT2D eigenvalue weighted by atomic mass is 35.5. The molecule has 2 heterocycles. The Kier molecular flexibility index (Phi) is 5.71. The van der Waals surface area contributed by atoms with E-state index in [-0.39, 0.29) is 28.2 Å². The van der Waals surface area contributed by atoms with Crippen molar-refractivity contribution >= 4 is 51.9 Å². The maximum atomic E-state index is 13.0. The van der Waals surface area contributed by atoms with Gasteiger partial charge in [0.05, 0.1) is 21.2 Å². The number of anilines is 4. The van der Waals surface area contributed by atoms with Gasteiger partial charge in [-0.2, -0.15) is 13.2 Å². The molecule has 29 heavy (non-hydrogen) atoms. The molecule has 0 aliphatic heterocycles. The Bertz CT molecular complexity index is 1080. The van der Waals surface area contributed by atoms with Gasteiger partial charge in [0.2, 0.25) is 11.6 Å². The molecule has 0 unspecified atom stereocenters. The second-order valence-corrected chi connectivity index (χ2v) is 6.23. The van der Waals surface area contributed by atoms with Gasteiger partial charge in [-0.3, -0.25) is 10.1 Å². The molecule has 1 aromatic carbocycles. The fourth-order valence-corrected chi connectivity index (χ4v) is 2.69. The van der Waals surface area contributed by atoms with E-state index in [1.165, 1.54) is 18.3 Å². The maximum absolute atomic E-state index is 13.0. The molecule has 0 aliphatic rings. The van der Waals surface area contributed by atoms with Gasteiger partial charge in [-0.1, -0.05) is 23.2 Å². The summed E-state index contributed by atoms with van der Waals surface area (Å²) in [7, 11) is 0. The number of benzene rings is 1. The molecule has 0 radical (unpaired) electrons. The molecule has 2 N–H and O–H groups in total. The Morgan fingerprint density at radius 3 is 2.34 bits per heavy atom. The first-order valence-corrected chi connectivity index (χ1v) is 8.43. The number of halogens is 5. The fraction of sp³-hybridized carbons (Fsp3) is 0.0625. The van der Waals surface area contributed by atoms with Gasteiger partial charge in [0.15, 0.2) is 5.15 Å². The monoisotopic (exact) mass is 444 g/mol. The summed E-state index contributed by atoms with van der Waals surface area (Å²) < 4.78 is 39.1. The number of nitro groups is 1. The third-order valence-electron chi connectivity index (χ3n) is 3.55. The molecule has 0 fully saturated rings. The standard InChI is InChI=1S/C16H9Cl2F3N6O2/c17-10-4-3-8(6-9(10)16(19,20)21)25-14-12(27(28)29)15(24-7-23-14)26-11-2-1-5-22-13(11)18/h1-7H,(H2,23,24,25,26). The van der Waals surface area contributed by atoms with Crippen LogP contribution in [0.15, 0.2) is 42.9 Å². The summed E-state index contributed by atoms with van der Waals surface area (Å²) >= 11 is 11.5. The molecule has 150 valence electrons. The average molecular weight is 445 g/mol. The molecule has 8 nitrogen and oxygen atoms in total. The second-order valence-electron chi connectivity index (χ2n) is 5.46. The van der Waals surface area contributed by atoms with E-state index in [1.807, 2.05) is 0 Å². The molecule has 2 aromatic heterocycles. The van der Waals surface area contributed by atoms with Crippen molar-refractivity contribution in [2.75, 3.05) is 10.6 Å². The topological polar surface area (TPSA) is 106 Å². The third-order valence-corrected chi connectivity index (χ3v) is 4.18. The predicted octanol–water partition coefficient (Wildman–Crippen LogP) is 5.59. The maximum Gasteiger partial charge on any atom is 0.417 e. The first kappa shape index (κ1) is 20.6. The minimum Gasteiger partial charge on any atom is -0.334 e. The van der Waals surface area contributed by atoms with Crippen molar-refractivity contribution in [3.05, 3.63) is 68.7 Å². The number of pyridine rings is 1. The lowest BCUT2D eigenvalue weighted by Gasteiger charge is -2.13. The van der Waals surface area contributed by atoms with Crippen LogP contribution < -0.4 is 10.6 Å². The van der Waals surface area contributed by atoms with Crippen molar-refractivity contribution in [3.8, 4) is 0 Å². The zero-order valence-corrected chi connectivity index (χ0v) is 15.5. The van der Waals surface area contributed by atoms with Crippen LogP contribution >= 0.6 is 23.2 Å². The molecule has 0 saturated carbocycles. The van der Waals surface area contributed by atoms with Crippen molar-refractivity contribution in [3.63, 3.8) is 0 Å². The number of hydrogen-bond donors (Lipinski definition) is 2. The van der Waals surface area contributed by atoms with Gasteiger partial charge in [0.1, 0.15) is 6.33 Å². The van der Waals surface area contributed by atoms with Crippen LogP contribution in [0, 0.1) is 10.1 Å². The summed E-state index contributed by atoms with van der Waals surface area (Å²) in [5.74, 6) is -0.560. The van der Waals surface area contributed by atoms with Crippen LogP contribution in [0.2, 0.25) is 10.2 Å². The van der Waals surface area contributed by atoms with E-state index in [2.05, 4.69) is 25.6 Å². The van der Waals surface area contributed by atoms with E-state index in [4.69, 9.17) is 23.2 Å². The highest BCUT2D eigenvalue weighted by Crippen LogP contribution is 2.38. The van der Waals surface area contributed by atoms with E-state index in [9.17, 15) is 23.3 Å². The minimum absolute atomic E-state index is 0.0439. The van der Waals surface area contributed by atoms with Crippen molar-refractivity contribution in [2.24, 2.45) is 0 Å². The Morgan fingerprint density at radius 1 is 1.03 bits per heavy atom. The van der Waals surface area contributed by atoms with Crippen LogP contribution in [0.3, 0.4) is 0 Å². The number of rotatable bonds is 5. The van der Waals surface area contributed by atoms with E-state index < -0.39 is 27.4 Å². The molecule has 0 bridgehead atoms. The quantitative estimate of drug-likeness (QED) is 0.300. The minimum atomic E-state index is -4.70. The number of nitrogens with zero attached hydrogens (tertiary/aromatic N) is 4. The van der Waals surface area contributed by atoms with E-state index in [0.29, 0.717) is 0 Å². The summed E-state index contributed by atoms with van der Waals surface area (Å²) in [5, 5.41) is 16.3. The summed E-state index contributed by atoms with van der Waals surface area (Å²) in [6, 6.07) is 6.04. The second kappa shape index (κ2) is 8.05. The first-order valence-electron chi connectivity index (χ1n) is 7.67. The third kappa shape index (κ3) is 4.63. The Balaban J connectivity index is 2.01. The Labute approximate surface area is 170 Å². The molecule has 13 heteroatoms. The van der Waals surface area contributed by atoms with Gasteiger partial charge in [-0.05, 0) is 30.3 Å². The molecule has 0 aliphatic carbocycles. The summed E-state index contributed by atoms with van der Waals surface area (Å²) in [6.07, 6.45) is -2.27. The molecular formula is C16H9Cl2F3N6O2. The Hall–Kier alpha value is -3.18. The normalized spacial score (nSPS) is 11.2. The lowest BCUT2D eigenvalue weighted by Crippen LogP contribution is -2.08. The lowest BCUT2D eigenvalue weighted by molar-refractivity contribution is -0.383. The summed E-state index contributed by atoms with van der Waals surface area (Å²) in [4.78, 5) is 22.2. The molecule has 0 amide bonds. The first-order chi connectivity index (χ1) is 13.7. The molecule has 0 saturated heterocycles. The number of hydrogen-bond acceptors (Lipinski definition) is 7.